The number of aryl methyl sites for hydroxylation is 1. The molecule has 1 aliphatic heterocycles. The van der Waals surface area contributed by atoms with Gasteiger partial charge in [-0.2, -0.15) is 4.98 Å². The number of ether oxygens (including phenoxy) is 1. The summed E-state index contributed by atoms with van der Waals surface area (Å²) in [5, 5.41) is 15.9. The first-order chi connectivity index (χ1) is 11.8. The number of aliphatic carboxylic acids is 1. The van der Waals surface area contributed by atoms with E-state index >= 15 is 0 Å². The average molecular weight is 353 g/mol. The Labute approximate surface area is 147 Å². The second-order valence-electron chi connectivity index (χ2n) is 7.48. The molecule has 2 rings (SSSR count). The number of nitrogens with zero attached hydrogens (tertiary/aromatic N) is 2. The van der Waals surface area contributed by atoms with Crippen LogP contribution in [-0.4, -0.2) is 46.4 Å². The van der Waals surface area contributed by atoms with Crippen LogP contribution in [-0.2, 0) is 26.2 Å². The largest absolute Gasteiger partial charge is 0.480 e. The van der Waals surface area contributed by atoms with Gasteiger partial charge in [0.15, 0.2) is 5.82 Å². The van der Waals surface area contributed by atoms with Crippen LogP contribution in [0.1, 0.15) is 58.2 Å². The number of rotatable bonds is 7. The maximum Gasteiger partial charge on any atom is 0.326 e. The number of carbonyl (C=O) groups is 2. The van der Waals surface area contributed by atoms with Crippen LogP contribution < -0.4 is 5.32 Å². The molecule has 2 heterocycles. The fourth-order valence-electron chi connectivity index (χ4n) is 2.72. The number of carboxylic acids is 1. The van der Waals surface area contributed by atoms with Crippen molar-refractivity contribution in [1.82, 2.24) is 15.5 Å². The van der Waals surface area contributed by atoms with Gasteiger partial charge in [0.2, 0.25) is 11.8 Å². The Morgan fingerprint density at radius 2 is 2.16 bits per heavy atom. The van der Waals surface area contributed by atoms with Gasteiger partial charge in [-0.3, -0.25) is 4.79 Å². The highest BCUT2D eigenvalue weighted by Crippen LogP contribution is 2.20. The Bertz CT molecular complexity index is 587. The number of aromatic nitrogens is 2. The molecule has 8 heteroatoms. The number of carbonyl (C=O) groups excluding carboxylic acids is 1. The van der Waals surface area contributed by atoms with Gasteiger partial charge in [-0.25, -0.2) is 4.79 Å². The number of carboxylic acid groups (broad SMARTS) is 1. The minimum absolute atomic E-state index is 0.180. The molecule has 0 saturated carbocycles. The van der Waals surface area contributed by atoms with Gasteiger partial charge in [-0.15, -0.1) is 0 Å². The molecule has 1 fully saturated rings. The summed E-state index contributed by atoms with van der Waals surface area (Å²) in [5.74, 6) is -0.354. The van der Waals surface area contributed by atoms with Gasteiger partial charge in [0.1, 0.15) is 6.04 Å². The van der Waals surface area contributed by atoms with Crippen LogP contribution in [0.2, 0.25) is 0 Å². The van der Waals surface area contributed by atoms with E-state index in [9.17, 15) is 14.7 Å². The van der Waals surface area contributed by atoms with Crippen LogP contribution in [0.3, 0.4) is 0 Å². The molecule has 1 saturated heterocycles. The van der Waals surface area contributed by atoms with Crippen molar-refractivity contribution in [3.63, 3.8) is 0 Å². The third-order valence-corrected chi connectivity index (χ3v) is 4.18. The predicted molar refractivity (Wildman–Crippen MR) is 89.0 cm³/mol. The Morgan fingerprint density at radius 3 is 2.72 bits per heavy atom. The predicted octanol–water partition coefficient (Wildman–Crippen LogP) is 1.69. The van der Waals surface area contributed by atoms with Crippen LogP contribution in [0.15, 0.2) is 4.52 Å². The molecular weight excluding hydrogens is 326 g/mol. The molecule has 0 aromatic carbocycles. The first-order valence-electron chi connectivity index (χ1n) is 8.70. The lowest BCUT2D eigenvalue weighted by molar-refractivity contribution is -0.145. The molecule has 2 atom stereocenters. The zero-order chi connectivity index (χ0) is 18.4. The number of nitrogens with one attached hydrogen (secondary N) is 1. The lowest BCUT2D eigenvalue weighted by atomic mass is 9.93. The van der Waals surface area contributed by atoms with Crippen LogP contribution in [0.25, 0.3) is 0 Å². The van der Waals surface area contributed by atoms with E-state index in [1.807, 2.05) is 20.8 Å². The van der Waals surface area contributed by atoms with Crippen LogP contribution in [0, 0.1) is 5.92 Å². The van der Waals surface area contributed by atoms with E-state index in [1.165, 1.54) is 0 Å². The van der Waals surface area contributed by atoms with Crippen molar-refractivity contribution < 1.29 is 24.0 Å². The molecular formula is C17H27N3O5. The summed E-state index contributed by atoms with van der Waals surface area (Å²) < 4.78 is 10.5. The van der Waals surface area contributed by atoms with Crippen molar-refractivity contribution in [2.45, 2.75) is 64.3 Å². The molecule has 140 valence electrons. The standard InChI is InChI=1S/C17H27N3O5/c1-17(2,3)16-19-13(25-20-16)8-4-7-12(21)18-14(15(22)23)11-6-5-9-24-10-11/h11,14H,4-10H2,1-3H3,(H,18,21)(H,22,23). The van der Waals surface area contributed by atoms with Gasteiger partial charge in [0, 0.05) is 30.8 Å². The van der Waals surface area contributed by atoms with E-state index in [0.29, 0.717) is 37.8 Å². The summed E-state index contributed by atoms with van der Waals surface area (Å²) in [6.45, 7) is 7.01. The van der Waals surface area contributed by atoms with E-state index < -0.39 is 12.0 Å². The molecule has 2 N–H and O–H groups in total. The molecule has 0 radical (unpaired) electrons. The molecule has 1 aromatic heterocycles. The Kier molecular flexibility index (Phi) is 6.52. The Balaban J connectivity index is 1.79. The maximum atomic E-state index is 12.1. The third-order valence-electron chi connectivity index (χ3n) is 4.18. The minimum atomic E-state index is -1.02. The van der Waals surface area contributed by atoms with Crippen molar-refractivity contribution >= 4 is 11.9 Å². The highest BCUT2D eigenvalue weighted by molar-refractivity contribution is 5.83. The van der Waals surface area contributed by atoms with Crippen LogP contribution in [0.5, 0.6) is 0 Å². The number of hydrogen-bond acceptors (Lipinski definition) is 6. The first-order valence-corrected chi connectivity index (χ1v) is 8.70. The SMILES string of the molecule is CC(C)(C)c1noc(CCCC(=O)NC(C(=O)O)C2CCCOC2)n1. The number of amides is 1. The second kappa shape index (κ2) is 8.42. The van der Waals surface area contributed by atoms with Crippen LogP contribution >= 0.6 is 0 Å². The molecule has 0 spiro atoms. The first kappa shape index (κ1) is 19.4. The van der Waals surface area contributed by atoms with Gasteiger partial charge in [0.05, 0.1) is 6.61 Å². The molecule has 2 unspecified atom stereocenters. The smallest absolute Gasteiger partial charge is 0.326 e. The summed E-state index contributed by atoms with van der Waals surface area (Å²) in [4.78, 5) is 27.8. The van der Waals surface area contributed by atoms with Gasteiger partial charge < -0.3 is 19.7 Å². The average Bonchev–Trinajstić information content (AvgIpc) is 3.02. The Morgan fingerprint density at radius 1 is 1.40 bits per heavy atom. The van der Waals surface area contributed by atoms with Gasteiger partial charge in [-0.05, 0) is 19.3 Å². The van der Waals surface area contributed by atoms with Crippen molar-refractivity contribution in [2.24, 2.45) is 5.92 Å². The molecule has 0 bridgehead atoms. The van der Waals surface area contributed by atoms with Gasteiger partial charge >= 0.3 is 5.97 Å². The fourth-order valence-corrected chi connectivity index (χ4v) is 2.72. The van der Waals surface area contributed by atoms with E-state index in [4.69, 9.17) is 9.26 Å². The quantitative estimate of drug-likeness (QED) is 0.766. The maximum absolute atomic E-state index is 12.1. The van der Waals surface area contributed by atoms with Crippen molar-refractivity contribution in [3.05, 3.63) is 11.7 Å². The summed E-state index contributed by atoms with van der Waals surface area (Å²) in [6, 6.07) is -0.899. The molecule has 1 aliphatic rings. The van der Waals surface area contributed by atoms with Crippen molar-refractivity contribution in [1.29, 1.82) is 0 Å². The van der Waals surface area contributed by atoms with E-state index in [2.05, 4.69) is 15.5 Å². The molecule has 0 aliphatic carbocycles. The van der Waals surface area contributed by atoms with E-state index in [-0.39, 0.29) is 23.7 Å². The monoisotopic (exact) mass is 353 g/mol. The summed E-state index contributed by atoms with van der Waals surface area (Å²) in [6.07, 6.45) is 2.78. The Hall–Kier alpha value is -1.96. The van der Waals surface area contributed by atoms with E-state index in [0.717, 1.165) is 12.8 Å². The van der Waals surface area contributed by atoms with Crippen LogP contribution in [0.4, 0.5) is 0 Å². The lowest BCUT2D eigenvalue weighted by Gasteiger charge is -2.28. The van der Waals surface area contributed by atoms with Crippen molar-refractivity contribution in [3.8, 4) is 0 Å². The van der Waals surface area contributed by atoms with Gasteiger partial charge in [-0.1, -0.05) is 25.9 Å². The third kappa shape index (κ3) is 5.81. The van der Waals surface area contributed by atoms with E-state index in [1.54, 1.807) is 0 Å². The molecule has 1 aromatic rings. The van der Waals surface area contributed by atoms with Crippen molar-refractivity contribution in [2.75, 3.05) is 13.2 Å². The molecule has 25 heavy (non-hydrogen) atoms. The highest BCUT2D eigenvalue weighted by Gasteiger charge is 2.31. The summed E-state index contributed by atoms with van der Waals surface area (Å²) in [7, 11) is 0. The fraction of sp³-hybridized carbons (Fsp3) is 0.765. The molecule has 8 nitrogen and oxygen atoms in total. The zero-order valence-electron chi connectivity index (χ0n) is 15.1. The zero-order valence-corrected chi connectivity index (χ0v) is 15.1. The van der Waals surface area contributed by atoms with Gasteiger partial charge in [0.25, 0.3) is 0 Å². The number of hydrogen-bond donors (Lipinski definition) is 2. The normalized spacial score (nSPS) is 19.4. The minimum Gasteiger partial charge on any atom is -0.480 e. The molecule has 1 amide bonds. The second-order valence-corrected chi connectivity index (χ2v) is 7.48. The highest BCUT2D eigenvalue weighted by atomic mass is 16.5. The topological polar surface area (TPSA) is 115 Å². The summed E-state index contributed by atoms with van der Waals surface area (Å²) >= 11 is 0. The lowest BCUT2D eigenvalue weighted by Crippen LogP contribution is -2.48. The summed E-state index contributed by atoms with van der Waals surface area (Å²) in [5.41, 5.74) is -0.185.